The third kappa shape index (κ3) is 2.55. The highest BCUT2D eigenvalue weighted by Gasteiger charge is 2.31. The van der Waals surface area contributed by atoms with Crippen LogP contribution in [0.25, 0.3) is 0 Å². The molecular formula is C18H21NS. The van der Waals surface area contributed by atoms with Crippen molar-refractivity contribution in [2.45, 2.75) is 44.7 Å². The minimum absolute atomic E-state index is 0.549. The van der Waals surface area contributed by atoms with Gasteiger partial charge in [-0.05, 0) is 55.2 Å². The van der Waals surface area contributed by atoms with Gasteiger partial charge in [0.2, 0.25) is 0 Å². The molecule has 20 heavy (non-hydrogen) atoms. The van der Waals surface area contributed by atoms with E-state index in [9.17, 15) is 0 Å². The molecular weight excluding hydrogens is 262 g/mol. The van der Waals surface area contributed by atoms with E-state index < -0.39 is 0 Å². The molecule has 1 unspecified atom stereocenters. The van der Waals surface area contributed by atoms with Gasteiger partial charge in [-0.3, -0.25) is 0 Å². The first-order valence-corrected chi connectivity index (χ1v) is 8.60. The molecule has 0 radical (unpaired) electrons. The minimum atomic E-state index is 0.549. The molecule has 1 N–H and O–H groups in total. The van der Waals surface area contributed by atoms with Crippen LogP contribution in [0.3, 0.4) is 0 Å². The Bertz CT molecular complexity index is 561. The first-order valence-electron chi connectivity index (χ1n) is 7.79. The lowest BCUT2D eigenvalue weighted by molar-refractivity contribution is 0.482. The van der Waals surface area contributed by atoms with Crippen molar-refractivity contribution in [1.82, 2.24) is 5.32 Å². The fraction of sp³-hybridized carbons (Fsp3) is 0.444. The fourth-order valence-electron chi connectivity index (χ4n) is 3.33. The Kier molecular flexibility index (Phi) is 3.37. The van der Waals surface area contributed by atoms with Crippen molar-refractivity contribution in [1.29, 1.82) is 0 Å². The quantitative estimate of drug-likeness (QED) is 0.853. The molecule has 2 aliphatic carbocycles. The van der Waals surface area contributed by atoms with Crippen molar-refractivity contribution in [3.8, 4) is 0 Å². The number of rotatable bonds is 5. The summed E-state index contributed by atoms with van der Waals surface area (Å²) in [5.41, 5.74) is 3.08. The molecule has 2 aromatic rings. The van der Waals surface area contributed by atoms with Gasteiger partial charge in [0.25, 0.3) is 0 Å². The van der Waals surface area contributed by atoms with E-state index in [0.717, 1.165) is 12.5 Å². The van der Waals surface area contributed by atoms with Crippen molar-refractivity contribution < 1.29 is 0 Å². The monoisotopic (exact) mass is 283 g/mol. The molecule has 2 aliphatic rings. The van der Waals surface area contributed by atoms with Gasteiger partial charge in [0.15, 0.2) is 0 Å². The summed E-state index contributed by atoms with van der Waals surface area (Å²) in [5, 5.41) is 3.81. The number of hydrogen-bond acceptors (Lipinski definition) is 2. The summed E-state index contributed by atoms with van der Waals surface area (Å²) < 4.78 is 0. The van der Waals surface area contributed by atoms with Gasteiger partial charge >= 0.3 is 0 Å². The third-order valence-corrected chi connectivity index (χ3v) is 5.78. The number of nitrogens with one attached hydrogen (secondary N) is 1. The first kappa shape index (κ1) is 12.6. The molecule has 0 amide bonds. The highest BCUT2D eigenvalue weighted by molar-refractivity contribution is 7.12. The van der Waals surface area contributed by atoms with Crippen molar-refractivity contribution in [2.24, 2.45) is 5.92 Å². The Hall–Kier alpha value is -1.12. The van der Waals surface area contributed by atoms with Crippen LogP contribution in [-0.4, -0.2) is 0 Å². The number of thiophene rings is 1. The highest BCUT2D eigenvalue weighted by atomic mass is 32.1. The summed E-state index contributed by atoms with van der Waals surface area (Å²) in [6.07, 6.45) is 6.74. The van der Waals surface area contributed by atoms with Crippen LogP contribution in [0.2, 0.25) is 0 Å². The molecule has 4 rings (SSSR count). The predicted molar refractivity (Wildman–Crippen MR) is 85.1 cm³/mol. The fourth-order valence-corrected chi connectivity index (χ4v) is 4.55. The molecule has 1 nitrogen and oxygen atoms in total. The smallest absolute Gasteiger partial charge is 0.0351 e. The summed E-state index contributed by atoms with van der Waals surface area (Å²) in [5.74, 6) is 0.851. The second-order valence-corrected chi connectivity index (χ2v) is 7.34. The largest absolute Gasteiger partial charge is 0.305 e. The maximum atomic E-state index is 3.81. The molecule has 0 spiro atoms. The van der Waals surface area contributed by atoms with Gasteiger partial charge < -0.3 is 5.32 Å². The zero-order valence-corrected chi connectivity index (χ0v) is 12.6. The molecule has 0 saturated heterocycles. The van der Waals surface area contributed by atoms with Crippen LogP contribution in [0.5, 0.6) is 0 Å². The molecule has 1 heterocycles. The van der Waals surface area contributed by atoms with Gasteiger partial charge in [-0.2, -0.15) is 0 Å². The molecule has 1 aromatic heterocycles. The van der Waals surface area contributed by atoms with E-state index in [1.54, 1.807) is 10.4 Å². The molecule has 1 fully saturated rings. The predicted octanol–water partition coefficient (Wildman–Crippen LogP) is 4.48. The Balaban J connectivity index is 1.46. The van der Waals surface area contributed by atoms with Crippen molar-refractivity contribution in [2.75, 3.05) is 0 Å². The topological polar surface area (TPSA) is 12.0 Å². The van der Waals surface area contributed by atoms with Gasteiger partial charge in [-0.1, -0.05) is 30.3 Å². The summed E-state index contributed by atoms with van der Waals surface area (Å²) in [7, 11) is 0. The number of aryl methyl sites for hydroxylation is 2. The van der Waals surface area contributed by atoms with Crippen LogP contribution in [0, 0.1) is 5.92 Å². The minimum Gasteiger partial charge on any atom is -0.305 e. The summed E-state index contributed by atoms with van der Waals surface area (Å²) in [6.45, 7) is 1.04. The molecule has 0 aliphatic heterocycles. The van der Waals surface area contributed by atoms with E-state index in [-0.39, 0.29) is 0 Å². The van der Waals surface area contributed by atoms with Gasteiger partial charge in [0.05, 0.1) is 0 Å². The Morgan fingerprint density at radius 2 is 2.00 bits per heavy atom. The van der Waals surface area contributed by atoms with Crippen LogP contribution < -0.4 is 5.32 Å². The van der Waals surface area contributed by atoms with E-state index in [1.165, 1.54) is 42.5 Å². The van der Waals surface area contributed by atoms with Crippen molar-refractivity contribution >= 4 is 11.3 Å². The van der Waals surface area contributed by atoms with E-state index in [2.05, 4.69) is 41.7 Å². The third-order valence-electron chi connectivity index (χ3n) is 4.55. The Morgan fingerprint density at radius 1 is 1.15 bits per heavy atom. The lowest BCUT2D eigenvalue weighted by atomic mass is 10.0. The molecule has 2 heteroatoms. The molecule has 104 valence electrons. The zero-order chi connectivity index (χ0) is 13.4. The first-order chi connectivity index (χ1) is 9.90. The SMILES string of the molecule is c1ccc(C(NCc2cc3c(s2)CCC3)C2CC2)cc1. The van der Waals surface area contributed by atoms with Crippen LogP contribution >= 0.6 is 11.3 Å². The normalized spacial score (nSPS) is 19.0. The van der Waals surface area contributed by atoms with E-state index in [4.69, 9.17) is 0 Å². The van der Waals surface area contributed by atoms with E-state index >= 15 is 0 Å². The van der Waals surface area contributed by atoms with E-state index in [0.29, 0.717) is 6.04 Å². The van der Waals surface area contributed by atoms with Crippen LogP contribution in [0.1, 0.15) is 46.2 Å². The number of benzene rings is 1. The highest BCUT2D eigenvalue weighted by Crippen LogP contribution is 2.41. The van der Waals surface area contributed by atoms with Gasteiger partial charge in [0, 0.05) is 22.3 Å². The standard InChI is InChI=1S/C18H21NS/c1-2-5-13(6-3-1)18(14-9-10-14)19-12-16-11-15-7-4-8-17(15)20-16/h1-3,5-6,11,14,18-19H,4,7-10,12H2. The average Bonchev–Trinajstić information content (AvgIpc) is 3.08. The maximum Gasteiger partial charge on any atom is 0.0351 e. The van der Waals surface area contributed by atoms with Crippen LogP contribution in [-0.2, 0) is 19.4 Å². The van der Waals surface area contributed by atoms with E-state index in [1.807, 2.05) is 11.3 Å². The second-order valence-electron chi connectivity index (χ2n) is 6.12. The van der Waals surface area contributed by atoms with Gasteiger partial charge in [-0.15, -0.1) is 11.3 Å². The average molecular weight is 283 g/mol. The maximum absolute atomic E-state index is 3.81. The number of hydrogen-bond donors (Lipinski definition) is 1. The Labute approximate surface area is 125 Å². The van der Waals surface area contributed by atoms with Crippen LogP contribution in [0.4, 0.5) is 0 Å². The summed E-state index contributed by atoms with van der Waals surface area (Å²) >= 11 is 2.03. The van der Waals surface area contributed by atoms with Crippen molar-refractivity contribution in [3.05, 3.63) is 57.3 Å². The molecule has 1 saturated carbocycles. The summed E-state index contributed by atoms with van der Waals surface area (Å²) in [4.78, 5) is 3.17. The Morgan fingerprint density at radius 3 is 2.75 bits per heavy atom. The second kappa shape index (κ2) is 5.34. The summed E-state index contributed by atoms with van der Waals surface area (Å²) in [6, 6.07) is 14.0. The molecule has 1 atom stereocenters. The lowest BCUT2D eigenvalue weighted by Crippen LogP contribution is -2.22. The van der Waals surface area contributed by atoms with Crippen molar-refractivity contribution in [3.63, 3.8) is 0 Å². The van der Waals surface area contributed by atoms with Gasteiger partial charge in [0.1, 0.15) is 0 Å². The number of fused-ring (bicyclic) bond motifs is 1. The molecule has 0 bridgehead atoms. The zero-order valence-electron chi connectivity index (χ0n) is 11.8. The molecule has 1 aromatic carbocycles. The van der Waals surface area contributed by atoms with Gasteiger partial charge in [-0.25, -0.2) is 0 Å². The lowest BCUT2D eigenvalue weighted by Gasteiger charge is -2.18. The van der Waals surface area contributed by atoms with Crippen LogP contribution in [0.15, 0.2) is 36.4 Å².